The number of nitrogens with zero attached hydrogens (tertiary/aromatic N) is 4. The van der Waals surface area contributed by atoms with Crippen LogP contribution in [0, 0.1) is 6.92 Å². The lowest BCUT2D eigenvalue weighted by Gasteiger charge is -2.04. The Labute approximate surface area is 131 Å². The van der Waals surface area contributed by atoms with Crippen LogP contribution in [0.2, 0.25) is 0 Å². The molecule has 6 nitrogen and oxygen atoms in total. The average molecular weight is 304 g/mol. The number of aryl methyl sites for hydroxylation is 1. The summed E-state index contributed by atoms with van der Waals surface area (Å²) in [6, 6.07) is 11.2. The Morgan fingerprint density at radius 3 is 2.96 bits per heavy atom. The first kappa shape index (κ1) is 13.4. The first-order valence-electron chi connectivity index (χ1n) is 7.09. The molecule has 0 aliphatic rings. The predicted octanol–water partition coefficient (Wildman–Crippen LogP) is 2.81. The quantitative estimate of drug-likeness (QED) is 0.533. The molecule has 4 aromatic rings. The summed E-state index contributed by atoms with van der Waals surface area (Å²) in [5, 5.41) is 5.02. The van der Waals surface area contributed by atoms with Crippen molar-refractivity contribution in [1.29, 1.82) is 0 Å². The molecule has 6 heteroatoms. The van der Waals surface area contributed by atoms with Crippen LogP contribution in [0.15, 0.2) is 55.0 Å². The van der Waals surface area contributed by atoms with E-state index in [-0.39, 0.29) is 0 Å². The van der Waals surface area contributed by atoms with Crippen LogP contribution >= 0.6 is 0 Å². The van der Waals surface area contributed by atoms with Crippen molar-refractivity contribution >= 4 is 22.5 Å². The molecule has 0 N–H and O–H groups in total. The van der Waals surface area contributed by atoms with Gasteiger partial charge in [0.15, 0.2) is 5.65 Å². The highest BCUT2D eigenvalue weighted by Crippen LogP contribution is 2.19. The lowest BCUT2D eigenvalue weighted by atomic mass is 10.2. The van der Waals surface area contributed by atoms with Crippen molar-refractivity contribution in [1.82, 2.24) is 19.6 Å². The van der Waals surface area contributed by atoms with Crippen LogP contribution in [0.1, 0.15) is 16.1 Å². The second-order valence-corrected chi connectivity index (χ2v) is 5.15. The largest absolute Gasteiger partial charge is 0.421 e. The summed E-state index contributed by atoms with van der Waals surface area (Å²) in [6.07, 6.45) is 4.75. The zero-order valence-electron chi connectivity index (χ0n) is 12.3. The fourth-order valence-electron chi connectivity index (χ4n) is 2.37. The molecule has 0 aliphatic carbocycles. The third-order valence-corrected chi connectivity index (χ3v) is 3.50. The smallest absolute Gasteiger partial charge is 0.349 e. The average Bonchev–Trinajstić information content (AvgIpc) is 2.98. The van der Waals surface area contributed by atoms with Gasteiger partial charge in [0.1, 0.15) is 11.3 Å². The van der Waals surface area contributed by atoms with Gasteiger partial charge in [-0.15, -0.1) is 0 Å². The van der Waals surface area contributed by atoms with Gasteiger partial charge in [-0.2, -0.15) is 5.10 Å². The Morgan fingerprint density at radius 1 is 1.17 bits per heavy atom. The van der Waals surface area contributed by atoms with E-state index in [9.17, 15) is 4.79 Å². The molecule has 0 amide bonds. The molecule has 4 rings (SSSR count). The van der Waals surface area contributed by atoms with Crippen molar-refractivity contribution in [3.8, 4) is 5.75 Å². The zero-order valence-corrected chi connectivity index (χ0v) is 12.3. The lowest BCUT2D eigenvalue weighted by Crippen LogP contribution is -2.09. The van der Waals surface area contributed by atoms with Gasteiger partial charge in [-0.1, -0.05) is 18.2 Å². The van der Waals surface area contributed by atoms with E-state index in [0.29, 0.717) is 17.0 Å². The predicted molar refractivity (Wildman–Crippen MR) is 84.4 cm³/mol. The van der Waals surface area contributed by atoms with Crippen molar-refractivity contribution in [2.24, 2.45) is 0 Å². The van der Waals surface area contributed by atoms with E-state index >= 15 is 0 Å². The number of hydrogen-bond acceptors (Lipinski definition) is 5. The van der Waals surface area contributed by atoms with Gasteiger partial charge < -0.3 is 4.74 Å². The minimum atomic E-state index is -0.504. The monoisotopic (exact) mass is 304 g/mol. The fourth-order valence-corrected chi connectivity index (χ4v) is 2.37. The van der Waals surface area contributed by atoms with Crippen LogP contribution in [0.3, 0.4) is 0 Å². The normalized spacial score (nSPS) is 11.0. The Balaban J connectivity index is 1.69. The van der Waals surface area contributed by atoms with Gasteiger partial charge in [-0.3, -0.25) is 4.98 Å². The van der Waals surface area contributed by atoms with Gasteiger partial charge in [0.2, 0.25) is 0 Å². The number of rotatable bonds is 2. The number of hydrogen-bond donors (Lipinski definition) is 0. The maximum absolute atomic E-state index is 12.4. The number of carbonyl (C=O) groups is 1. The van der Waals surface area contributed by atoms with E-state index in [1.807, 2.05) is 37.3 Å². The van der Waals surface area contributed by atoms with E-state index in [4.69, 9.17) is 4.74 Å². The summed E-state index contributed by atoms with van der Waals surface area (Å²) >= 11 is 0. The first-order valence-corrected chi connectivity index (χ1v) is 7.09. The van der Waals surface area contributed by atoms with Gasteiger partial charge in [0.25, 0.3) is 0 Å². The van der Waals surface area contributed by atoms with Crippen molar-refractivity contribution in [2.45, 2.75) is 6.92 Å². The van der Waals surface area contributed by atoms with Crippen LogP contribution in [0.4, 0.5) is 0 Å². The zero-order chi connectivity index (χ0) is 15.8. The number of carbonyl (C=O) groups excluding carboxylic acids is 1. The van der Waals surface area contributed by atoms with E-state index in [1.54, 1.807) is 16.8 Å². The topological polar surface area (TPSA) is 69.4 Å². The highest BCUT2D eigenvalue weighted by atomic mass is 16.5. The van der Waals surface area contributed by atoms with Crippen LogP contribution in [-0.4, -0.2) is 25.6 Å². The maximum Gasteiger partial charge on any atom is 0.349 e. The van der Waals surface area contributed by atoms with E-state index in [2.05, 4.69) is 15.1 Å². The van der Waals surface area contributed by atoms with Gasteiger partial charge in [-0.25, -0.2) is 14.3 Å². The molecular weight excluding hydrogens is 292 g/mol. The molecule has 0 radical (unpaired) electrons. The van der Waals surface area contributed by atoms with Crippen LogP contribution in [0.25, 0.3) is 16.6 Å². The van der Waals surface area contributed by atoms with Crippen LogP contribution in [-0.2, 0) is 0 Å². The Morgan fingerprint density at radius 2 is 2.04 bits per heavy atom. The fraction of sp³-hybridized carbons (Fsp3) is 0.0588. The van der Waals surface area contributed by atoms with E-state index in [1.165, 1.54) is 12.4 Å². The number of pyridine rings is 1. The maximum atomic E-state index is 12.4. The SMILES string of the molecule is Cc1ccn2ncc(C(=O)Oc3cnc4ccccc4c3)c2n1. The van der Waals surface area contributed by atoms with Gasteiger partial charge in [0.05, 0.1) is 17.9 Å². The second-order valence-electron chi connectivity index (χ2n) is 5.15. The highest BCUT2D eigenvalue weighted by molar-refractivity contribution is 5.97. The summed E-state index contributed by atoms with van der Waals surface area (Å²) in [6.45, 7) is 1.86. The number of esters is 1. The van der Waals surface area contributed by atoms with Crippen molar-refractivity contribution in [3.05, 3.63) is 66.2 Å². The Hall–Kier alpha value is -3.28. The molecule has 0 spiro atoms. The standard InChI is InChI=1S/C17H12N4O2/c1-11-6-7-21-16(20-11)14(10-19-21)17(22)23-13-8-12-4-2-3-5-15(12)18-9-13/h2-10H,1H3. The molecule has 3 aromatic heterocycles. The second kappa shape index (κ2) is 5.17. The number of para-hydroxylation sites is 1. The summed E-state index contributed by atoms with van der Waals surface area (Å²) in [4.78, 5) is 21.0. The molecule has 0 aliphatic heterocycles. The first-order chi connectivity index (χ1) is 11.2. The number of aromatic nitrogens is 4. The molecule has 0 unspecified atom stereocenters. The molecule has 0 saturated carbocycles. The molecule has 112 valence electrons. The summed E-state index contributed by atoms with van der Waals surface area (Å²) < 4.78 is 6.96. The van der Waals surface area contributed by atoms with E-state index < -0.39 is 5.97 Å². The minimum Gasteiger partial charge on any atom is -0.421 e. The van der Waals surface area contributed by atoms with Crippen molar-refractivity contribution in [3.63, 3.8) is 0 Å². The number of ether oxygens (including phenoxy) is 1. The molecule has 3 heterocycles. The van der Waals surface area contributed by atoms with Crippen molar-refractivity contribution < 1.29 is 9.53 Å². The number of benzene rings is 1. The molecule has 0 saturated heterocycles. The minimum absolute atomic E-state index is 0.321. The van der Waals surface area contributed by atoms with Crippen LogP contribution in [0.5, 0.6) is 5.75 Å². The highest BCUT2D eigenvalue weighted by Gasteiger charge is 2.16. The third kappa shape index (κ3) is 2.40. The van der Waals surface area contributed by atoms with Crippen molar-refractivity contribution in [2.75, 3.05) is 0 Å². The molecule has 0 atom stereocenters. The lowest BCUT2D eigenvalue weighted by molar-refractivity contribution is 0.0736. The molecule has 0 fully saturated rings. The Bertz CT molecular complexity index is 1040. The summed E-state index contributed by atoms with van der Waals surface area (Å²) in [5.41, 5.74) is 2.45. The molecule has 23 heavy (non-hydrogen) atoms. The third-order valence-electron chi connectivity index (χ3n) is 3.50. The summed E-state index contributed by atoms with van der Waals surface area (Å²) in [7, 11) is 0. The number of fused-ring (bicyclic) bond motifs is 2. The molecular formula is C17H12N4O2. The molecule has 0 bridgehead atoms. The van der Waals surface area contributed by atoms with Gasteiger partial charge in [-0.05, 0) is 25.1 Å². The summed E-state index contributed by atoms with van der Waals surface area (Å²) in [5.74, 6) is -0.115. The van der Waals surface area contributed by atoms with Gasteiger partial charge in [0, 0.05) is 17.3 Å². The van der Waals surface area contributed by atoms with Gasteiger partial charge >= 0.3 is 5.97 Å². The molecule has 1 aromatic carbocycles. The Kier molecular flexibility index (Phi) is 3.01. The van der Waals surface area contributed by atoms with Crippen LogP contribution < -0.4 is 4.74 Å². The van der Waals surface area contributed by atoms with E-state index in [0.717, 1.165) is 16.6 Å².